The molecule has 0 aliphatic carbocycles. The highest BCUT2D eigenvalue weighted by Crippen LogP contribution is 2.16. The molecular weight excluding hydrogens is 347 g/mol. The number of likely N-dealkylation sites (N-methyl/N-ethyl adjacent to an activating group) is 1. The lowest BCUT2D eigenvalue weighted by atomic mass is 10.2. The van der Waals surface area contributed by atoms with Gasteiger partial charge in [0, 0.05) is 31.9 Å². The number of imidazole rings is 1. The molecule has 0 unspecified atom stereocenters. The maximum absolute atomic E-state index is 13.0. The average molecular weight is 368 g/mol. The number of nitrogens with one attached hydrogen (secondary N) is 1. The second-order valence-electron chi connectivity index (χ2n) is 6.21. The van der Waals surface area contributed by atoms with E-state index in [9.17, 15) is 9.18 Å². The van der Waals surface area contributed by atoms with Crippen LogP contribution in [0.5, 0.6) is 0 Å². The first kappa shape index (κ1) is 18.7. The summed E-state index contributed by atoms with van der Waals surface area (Å²) in [6.45, 7) is 4.49. The van der Waals surface area contributed by atoms with Gasteiger partial charge in [0.15, 0.2) is 0 Å². The molecule has 3 aromatic rings. The zero-order valence-corrected chi connectivity index (χ0v) is 15.0. The standard InChI is InChI=1S/C20H21FN4O2/c1-2-25(13-14-3-5-16(21)6-4-14)10-8-19-23-12-18(24-19)17-11-15(20(26)27)7-9-22-17/h3-7,9,11-12H,2,8,10,13H2,1H3,(H,23,24)(H,26,27). The van der Waals surface area contributed by atoms with Crippen LogP contribution < -0.4 is 0 Å². The van der Waals surface area contributed by atoms with Gasteiger partial charge < -0.3 is 10.1 Å². The van der Waals surface area contributed by atoms with Gasteiger partial charge in [-0.1, -0.05) is 19.1 Å². The van der Waals surface area contributed by atoms with E-state index < -0.39 is 5.97 Å². The molecule has 7 heteroatoms. The minimum absolute atomic E-state index is 0.181. The first-order valence-corrected chi connectivity index (χ1v) is 8.76. The SMILES string of the molecule is CCN(CCc1nc(-c2cc(C(=O)O)ccn2)c[nH]1)Cc1ccc(F)cc1. The zero-order chi connectivity index (χ0) is 19.2. The lowest BCUT2D eigenvalue weighted by molar-refractivity contribution is 0.0697. The van der Waals surface area contributed by atoms with Crippen LogP contribution in [0.3, 0.4) is 0 Å². The van der Waals surface area contributed by atoms with Crippen LogP contribution in [0.2, 0.25) is 0 Å². The molecule has 3 rings (SSSR count). The summed E-state index contributed by atoms with van der Waals surface area (Å²) in [5.41, 5.74) is 2.39. The molecule has 0 saturated heterocycles. The highest BCUT2D eigenvalue weighted by Gasteiger charge is 2.10. The minimum Gasteiger partial charge on any atom is -0.478 e. The number of carbonyl (C=O) groups is 1. The molecular formula is C20H21FN4O2. The van der Waals surface area contributed by atoms with E-state index in [2.05, 4.69) is 26.8 Å². The van der Waals surface area contributed by atoms with Gasteiger partial charge in [-0.25, -0.2) is 14.2 Å². The fourth-order valence-electron chi connectivity index (χ4n) is 2.79. The average Bonchev–Trinajstić information content (AvgIpc) is 3.16. The van der Waals surface area contributed by atoms with Crippen LogP contribution in [0.4, 0.5) is 4.39 Å². The number of H-pyrrole nitrogens is 1. The Morgan fingerprint density at radius 2 is 2.00 bits per heavy atom. The van der Waals surface area contributed by atoms with E-state index >= 15 is 0 Å². The van der Waals surface area contributed by atoms with Crippen molar-refractivity contribution in [1.29, 1.82) is 0 Å². The number of carboxylic acids is 1. The molecule has 0 aliphatic rings. The van der Waals surface area contributed by atoms with Crippen molar-refractivity contribution in [1.82, 2.24) is 19.9 Å². The summed E-state index contributed by atoms with van der Waals surface area (Å²) in [6.07, 6.45) is 3.92. The van der Waals surface area contributed by atoms with Crippen molar-refractivity contribution in [2.24, 2.45) is 0 Å². The van der Waals surface area contributed by atoms with Crippen LogP contribution in [0.1, 0.15) is 28.7 Å². The van der Waals surface area contributed by atoms with E-state index in [-0.39, 0.29) is 11.4 Å². The molecule has 6 nitrogen and oxygen atoms in total. The first-order valence-electron chi connectivity index (χ1n) is 8.76. The Bertz CT molecular complexity index is 908. The molecule has 2 N–H and O–H groups in total. The number of hydrogen-bond acceptors (Lipinski definition) is 4. The van der Waals surface area contributed by atoms with Gasteiger partial charge in [-0.05, 0) is 36.4 Å². The second-order valence-corrected chi connectivity index (χ2v) is 6.21. The van der Waals surface area contributed by atoms with Crippen molar-refractivity contribution in [2.45, 2.75) is 19.9 Å². The normalized spacial score (nSPS) is 11.1. The smallest absolute Gasteiger partial charge is 0.335 e. The summed E-state index contributed by atoms with van der Waals surface area (Å²) in [7, 11) is 0. The number of benzene rings is 1. The van der Waals surface area contributed by atoms with Gasteiger partial charge in [-0.3, -0.25) is 9.88 Å². The number of aromatic carboxylic acids is 1. The molecule has 0 spiro atoms. The Morgan fingerprint density at radius 1 is 1.22 bits per heavy atom. The Labute approximate surface area is 156 Å². The third kappa shape index (κ3) is 4.98. The lowest BCUT2D eigenvalue weighted by Crippen LogP contribution is -2.25. The van der Waals surface area contributed by atoms with Crippen molar-refractivity contribution in [3.8, 4) is 11.4 Å². The van der Waals surface area contributed by atoms with Crippen molar-refractivity contribution < 1.29 is 14.3 Å². The van der Waals surface area contributed by atoms with Crippen LogP contribution >= 0.6 is 0 Å². The number of carboxylic acid groups (broad SMARTS) is 1. The maximum Gasteiger partial charge on any atom is 0.335 e. The Hall–Kier alpha value is -3.06. The summed E-state index contributed by atoms with van der Waals surface area (Å²) in [5.74, 6) is -0.413. The molecule has 0 radical (unpaired) electrons. The third-order valence-electron chi connectivity index (χ3n) is 4.33. The Balaban J connectivity index is 1.62. The third-order valence-corrected chi connectivity index (χ3v) is 4.33. The van der Waals surface area contributed by atoms with Crippen molar-refractivity contribution >= 4 is 5.97 Å². The molecule has 0 bridgehead atoms. The summed E-state index contributed by atoms with van der Waals surface area (Å²) in [5, 5.41) is 9.09. The maximum atomic E-state index is 13.0. The quantitative estimate of drug-likeness (QED) is 0.637. The fourth-order valence-corrected chi connectivity index (χ4v) is 2.79. The van der Waals surface area contributed by atoms with E-state index in [1.54, 1.807) is 18.3 Å². The number of nitrogens with zero attached hydrogens (tertiary/aromatic N) is 3. The topological polar surface area (TPSA) is 82.1 Å². The molecule has 0 atom stereocenters. The van der Waals surface area contributed by atoms with E-state index in [0.29, 0.717) is 17.8 Å². The molecule has 0 fully saturated rings. The number of halogens is 1. The zero-order valence-electron chi connectivity index (χ0n) is 15.0. The van der Waals surface area contributed by atoms with Gasteiger partial charge in [0.1, 0.15) is 17.3 Å². The van der Waals surface area contributed by atoms with Crippen molar-refractivity contribution in [3.63, 3.8) is 0 Å². The van der Waals surface area contributed by atoms with E-state index in [1.165, 1.54) is 30.5 Å². The van der Waals surface area contributed by atoms with Crippen LogP contribution in [0.25, 0.3) is 11.4 Å². The molecule has 2 heterocycles. The monoisotopic (exact) mass is 368 g/mol. The Kier molecular flexibility index (Phi) is 5.93. The largest absolute Gasteiger partial charge is 0.478 e. The summed E-state index contributed by atoms with van der Waals surface area (Å²) in [6, 6.07) is 9.50. The van der Waals surface area contributed by atoms with Crippen LogP contribution in [0.15, 0.2) is 48.8 Å². The molecule has 1 aromatic carbocycles. The molecule has 140 valence electrons. The number of aromatic nitrogens is 3. The van der Waals surface area contributed by atoms with Crippen LogP contribution in [-0.2, 0) is 13.0 Å². The predicted octanol–water partition coefficient (Wildman–Crippen LogP) is 3.37. The number of rotatable bonds is 8. The van der Waals surface area contributed by atoms with E-state index in [0.717, 1.165) is 31.0 Å². The van der Waals surface area contributed by atoms with Gasteiger partial charge in [-0.2, -0.15) is 0 Å². The van der Waals surface area contributed by atoms with Crippen LogP contribution in [-0.4, -0.2) is 44.0 Å². The Morgan fingerprint density at radius 3 is 2.70 bits per heavy atom. The highest BCUT2D eigenvalue weighted by atomic mass is 19.1. The van der Waals surface area contributed by atoms with Gasteiger partial charge in [0.25, 0.3) is 0 Å². The van der Waals surface area contributed by atoms with Gasteiger partial charge >= 0.3 is 5.97 Å². The number of hydrogen-bond donors (Lipinski definition) is 2. The lowest BCUT2D eigenvalue weighted by Gasteiger charge is -2.19. The highest BCUT2D eigenvalue weighted by molar-refractivity contribution is 5.88. The van der Waals surface area contributed by atoms with Gasteiger partial charge in [-0.15, -0.1) is 0 Å². The molecule has 0 aliphatic heterocycles. The van der Waals surface area contributed by atoms with Crippen molar-refractivity contribution in [2.75, 3.05) is 13.1 Å². The molecule has 27 heavy (non-hydrogen) atoms. The summed E-state index contributed by atoms with van der Waals surface area (Å²) < 4.78 is 13.0. The van der Waals surface area contributed by atoms with E-state index in [4.69, 9.17) is 5.11 Å². The first-order chi connectivity index (χ1) is 13.0. The fraction of sp³-hybridized carbons (Fsp3) is 0.250. The number of pyridine rings is 1. The minimum atomic E-state index is -0.992. The van der Waals surface area contributed by atoms with Crippen LogP contribution in [0, 0.1) is 5.82 Å². The molecule has 2 aromatic heterocycles. The van der Waals surface area contributed by atoms with Crippen molar-refractivity contribution in [3.05, 3.63) is 71.6 Å². The predicted molar refractivity (Wildman–Crippen MR) is 99.8 cm³/mol. The van der Waals surface area contributed by atoms with E-state index in [1.807, 2.05) is 0 Å². The second kappa shape index (κ2) is 8.55. The van der Waals surface area contributed by atoms with Gasteiger partial charge in [0.2, 0.25) is 0 Å². The summed E-state index contributed by atoms with van der Waals surface area (Å²) in [4.78, 5) is 25.2. The molecule has 0 saturated carbocycles. The molecule has 0 amide bonds. The number of aromatic amines is 1. The van der Waals surface area contributed by atoms with Gasteiger partial charge in [0.05, 0.1) is 11.3 Å². The summed E-state index contributed by atoms with van der Waals surface area (Å²) >= 11 is 0.